The van der Waals surface area contributed by atoms with Crippen molar-refractivity contribution >= 4 is 29.2 Å². The maximum Gasteiger partial charge on any atom is 0.263 e. The molecule has 1 aromatic heterocycles. The molecule has 1 aliphatic rings. The fourth-order valence-corrected chi connectivity index (χ4v) is 3.99. The number of aromatic nitrogens is 1. The third-order valence-electron chi connectivity index (χ3n) is 5.68. The van der Waals surface area contributed by atoms with E-state index in [2.05, 4.69) is 10.6 Å². The number of halogens is 3. The van der Waals surface area contributed by atoms with Crippen molar-refractivity contribution in [1.82, 2.24) is 9.88 Å². The zero-order valence-corrected chi connectivity index (χ0v) is 20.1. The van der Waals surface area contributed by atoms with Gasteiger partial charge in [-0.15, -0.1) is 0 Å². The first-order valence-corrected chi connectivity index (χ1v) is 11.6. The molecule has 0 saturated carbocycles. The number of pyridine rings is 1. The minimum Gasteiger partial charge on any atom is -0.348 e. The maximum absolute atomic E-state index is 13.5. The van der Waals surface area contributed by atoms with E-state index in [0.717, 1.165) is 27.8 Å². The van der Waals surface area contributed by atoms with Gasteiger partial charge in [0.2, 0.25) is 0 Å². The quantitative estimate of drug-likeness (QED) is 0.358. The molecular formula is C28H24F3N3O3. The summed E-state index contributed by atoms with van der Waals surface area (Å²) in [4.78, 5) is 37.5. The van der Waals surface area contributed by atoms with E-state index in [-0.39, 0.29) is 36.0 Å². The SMILES string of the molecule is CC(C)/C=C1/C(=O)Nc2cc(/C=C/CNC(=O)c3cccn(Cc4cc(F)c(F)c(F)c4)c3=O)ccc21. The van der Waals surface area contributed by atoms with Crippen molar-refractivity contribution in [2.75, 3.05) is 11.9 Å². The molecule has 2 heterocycles. The topological polar surface area (TPSA) is 80.2 Å². The molecule has 0 aliphatic carbocycles. The van der Waals surface area contributed by atoms with E-state index in [1.165, 1.54) is 18.3 Å². The molecule has 2 aromatic carbocycles. The molecule has 0 fully saturated rings. The Bertz CT molecular complexity index is 1480. The van der Waals surface area contributed by atoms with Crippen LogP contribution >= 0.6 is 0 Å². The Balaban J connectivity index is 1.41. The van der Waals surface area contributed by atoms with E-state index in [0.29, 0.717) is 11.3 Å². The van der Waals surface area contributed by atoms with Crippen molar-refractivity contribution in [2.45, 2.75) is 20.4 Å². The summed E-state index contributed by atoms with van der Waals surface area (Å²) in [7, 11) is 0. The van der Waals surface area contributed by atoms with E-state index in [9.17, 15) is 27.6 Å². The number of fused-ring (bicyclic) bond motifs is 1. The minimum atomic E-state index is -1.59. The number of carbonyl (C=O) groups excluding carboxylic acids is 2. The highest BCUT2D eigenvalue weighted by atomic mass is 19.2. The van der Waals surface area contributed by atoms with Crippen LogP contribution in [-0.4, -0.2) is 22.9 Å². The molecule has 4 rings (SSSR count). The molecule has 2 amide bonds. The first kappa shape index (κ1) is 25.7. The van der Waals surface area contributed by atoms with Crippen molar-refractivity contribution in [2.24, 2.45) is 5.92 Å². The second-order valence-electron chi connectivity index (χ2n) is 8.92. The van der Waals surface area contributed by atoms with Crippen LogP contribution < -0.4 is 16.2 Å². The lowest BCUT2D eigenvalue weighted by Crippen LogP contribution is -2.33. The number of anilines is 1. The van der Waals surface area contributed by atoms with Gasteiger partial charge in [-0.05, 0) is 47.4 Å². The van der Waals surface area contributed by atoms with Crippen LogP contribution in [0.3, 0.4) is 0 Å². The zero-order valence-electron chi connectivity index (χ0n) is 20.1. The average molecular weight is 508 g/mol. The van der Waals surface area contributed by atoms with E-state index < -0.39 is 28.9 Å². The average Bonchev–Trinajstić information content (AvgIpc) is 3.15. The van der Waals surface area contributed by atoms with Crippen LogP contribution in [0.1, 0.15) is 40.9 Å². The minimum absolute atomic E-state index is 0.0383. The maximum atomic E-state index is 13.5. The summed E-state index contributed by atoms with van der Waals surface area (Å²) in [5, 5.41) is 5.48. The van der Waals surface area contributed by atoms with Gasteiger partial charge in [0.15, 0.2) is 17.5 Å². The number of carbonyl (C=O) groups is 2. The van der Waals surface area contributed by atoms with Crippen LogP contribution in [0.5, 0.6) is 0 Å². The number of benzene rings is 2. The lowest BCUT2D eigenvalue weighted by Gasteiger charge is -2.09. The molecule has 0 bridgehead atoms. The van der Waals surface area contributed by atoms with Crippen LogP contribution in [0, 0.1) is 23.4 Å². The first-order chi connectivity index (χ1) is 17.6. The number of hydrogen-bond acceptors (Lipinski definition) is 3. The van der Waals surface area contributed by atoms with Crippen LogP contribution in [-0.2, 0) is 11.3 Å². The van der Waals surface area contributed by atoms with Crippen molar-refractivity contribution in [3.8, 4) is 0 Å². The smallest absolute Gasteiger partial charge is 0.263 e. The highest BCUT2D eigenvalue weighted by molar-refractivity contribution is 6.31. The van der Waals surface area contributed by atoms with E-state index in [1.54, 1.807) is 12.2 Å². The van der Waals surface area contributed by atoms with Gasteiger partial charge >= 0.3 is 0 Å². The van der Waals surface area contributed by atoms with Gasteiger partial charge in [-0.2, -0.15) is 0 Å². The second kappa shape index (κ2) is 10.7. The van der Waals surface area contributed by atoms with Crippen LogP contribution in [0.4, 0.5) is 18.9 Å². The van der Waals surface area contributed by atoms with Crippen LogP contribution in [0.2, 0.25) is 0 Å². The fourth-order valence-electron chi connectivity index (χ4n) is 3.99. The van der Waals surface area contributed by atoms with Gasteiger partial charge in [-0.25, -0.2) is 13.2 Å². The van der Waals surface area contributed by atoms with E-state index in [1.807, 2.05) is 38.1 Å². The predicted molar refractivity (Wildman–Crippen MR) is 135 cm³/mol. The van der Waals surface area contributed by atoms with Crippen molar-refractivity contribution in [1.29, 1.82) is 0 Å². The number of nitrogens with zero attached hydrogens (tertiary/aromatic N) is 1. The summed E-state index contributed by atoms with van der Waals surface area (Å²) in [5.41, 5.74) is 2.26. The molecule has 9 heteroatoms. The summed E-state index contributed by atoms with van der Waals surface area (Å²) in [6, 6.07) is 9.97. The summed E-state index contributed by atoms with van der Waals surface area (Å²) >= 11 is 0. The normalized spacial score (nSPS) is 13.9. The van der Waals surface area contributed by atoms with Gasteiger partial charge in [0.05, 0.1) is 6.54 Å². The van der Waals surface area contributed by atoms with E-state index in [4.69, 9.17) is 0 Å². The Hall–Kier alpha value is -4.40. The number of amides is 2. The van der Waals surface area contributed by atoms with Crippen molar-refractivity contribution in [3.05, 3.63) is 111 Å². The van der Waals surface area contributed by atoms with Gasteiger partial charge in [-0.3, -0.25) is 14.4 Å². The highest BCUT2D eigenvalue weighted by Gasteiger charge is 2.24. The Labute approximate surface area is 211 Å². The molecule has 0 radical (unpaired) electrons. The lowest BCUT2D eigenvalue weighted by atomic mass is 10.0. The molecular weight excluding hydrogens is 483 g/mol. The summed E-state index contributed by atoms with van der Waals surface area (Å²) in [6.45, 7) is 3.89. The highest BCUT2D eigenvalue weighted by Crippen LogP contribution is 2.33. The molecule has 37 heavy (non-hydrogen) atoms. The molecule has 6 nitrogen and oxygen atoms in total. The van der Waals surface area contributed by atoms with E-state index >= 15 is 0 Å². The standard InChI is InChI=1S/C28H24F3N3O3/c1-16(2)11-21-19-8-7-17(14-24(19)33-27(21)36)5-3-9-32-26(35)20-6-4-10-34(28(20)37)15-18-12-22(29)25(31)23(30)13-18/h3-8,10-14,16H,9,15H2,1-2H3,(H,32,35)(H,33,36)/b5-3+,21-11+. The number of rotatable bonds is 7. The molecule has 190 valence electrons. The third kappa shape index (κ3) is 5.72. The fraction of sp³-hybridized carbons (Fsp3) is 0.179. The van der Waals surface area contributed by atoms with Gasteiger partial charge in [0.25, 0.3) is 17.4 Å². The van der Waals surface area contributed by atoms with Gasteiger partial charge < -0.3 is 15.2 Å². The monoisotopic (exact) mass is 507 g/mol. The lowest BCUT2D eigenvalue weighted by molar-refractivity contribution is -0.110. The largest absolute Gasteiger partial charge is 0.348 e. The molecule has 2 N–H and O–H groups in total. The summed E-state index contributed by atoms with van der Waals surface area (Å²) in [5.74, 6) is -4.83. The molecule has 3 aromatic rings. The number of nitrogens with one attached hydrogen (secondary N) is 2. The van der Waals surface area contributed by atoms with Crippen LogP contribution in [0.15, 0.2) is 65.6 Å². The number of hydrogen-bond donors (Lipinski definition) is 2. The Morgan fingerprint density at radius 2 is 1.81 bits per heavy atom. The Morgan fingerprint density at radius 1 is 1.08 bits per heavy atom. The summed E-state index contributed by atoms with van der Waals surface area (Å²) < 4.78 is 41.3. The summed E-state index contributed by atoms with van der Waals surface area (Å²) in [6.07, 6.45) is 6.76. The molecule has 0 unspecified atom stereocenters. The van der Waals surface area contributed by atoms with Crippen molar-refractivity contribution in [3.63, 3.8) is 0 Å². The molecule has 0 saturated heterocycles. The molecule has 0 spiro atoms. The predicted octanol–water partition coefficient (Wildman–Crippen LogP) is 4.75. The third-order valence-corrected chi connectivity index (χ3v) is 5.68. The van der Waals surface area contributed by atoms with Gasteiger partial charge in [-0.1, -0.05) is 44.2 Å². The first-order valence-electron chi connectivity index (χ1n) is 11.6. The van der Waals surface area contributed by atoms with Gasteiger partial charge in [0.1, 0.15) is 5.56 Å². The van der Waals surface area contributed by atoms with Crippen molar-refractivity contribution < 1.29 is 22.8 Å². The Kier molecular flexibility index (Phi) is 7.42. The van der Waals surface area contributed by atoms with Crippen LogP contribution in [0.25, 0.3) is 11.6 Å². The van der Waals surface area contributed by atoms with Gasteiger partial charge in [0, 0.05) is 29.6 Å². The second-order valence-corrected chi connectivity index (χ2v) is 8.92. The zero-order chi connectivity index (χ0) is 26.7. The number of allylic oxidation sites excluding steroid dienone is 1. The molecule has 1 aliphatic heterocycles. The molecule has 0 atom stereocenters. The Morgan fingerprint density at radius 3 is 2.51 bits per heavy atom.